The van der Waals surface area contributed by atoms with Gasteiger partial charge in [-0.15, -0.1) is 10.2 Å². The highest BCUT2D eigenvalue weighted by Crippen LogP contribution is 2.72. The van der Waals surface area contributed by atoms with Gasteiger partial charge in [0.05, 0.1) is 6.54 Å². The SMILES string of the molecule is CCC[C@H]1CC[C@H]2[C@@H](CC[C@]3(I)[C@@H]2CC[C@@]2(C)[C@H]3CCC[C@]2(CC)[C@H](C)Cn2nnc(C)n2)C1. The third kappa shape index (κ3) is 3.91. The maximum Gasteiger partial charge on any atom is 0.171 e. The van der Waals surface area contributed by atoms with Crippen LogP contribution in [0.25, 0.3) is 0 Å². The molecular weight excluding hydrogens is 531 g/mol. The van der Waals surface area contributed by atoms with Crippen LogP contribution in [0.4, 0.5) is 0 Å². The van der Waals surface area contributed by atoms with Gasteiger partial charge in [0.15, 0.2) is 5.82 Å². The number of tetrazole rings is 1. The standard InChI is InChI=1S/C29H49IN4/c1-6-9-22-11-12-24-23(18-22)13-17-29(30)25(24)14-16-27(5)26(29)10-8-15-28(27,7-2)20(3)19-34-32-21(4)31-33-34/h20,22-26H,6-19H2,1-5H3/t20-,22+,23+,24+,25-,26-,27+,28-,29+/m1/s1. The normalized spacial score (nSPS) is 45.2. The van der Waals surface area contributed by atoms with Gasteiger partial charge in [-0.25, -0.2) is 0 Å². The topological polar surface area (TPSA) is 43.6 Å². The van der Waals surface area contributed by atoms with Gasteiger partial charge in [0.25, 0.3) is 0 Å². The van der Waals surface area contributed by atoms with Crippen LogP contribution in [0.2, 0.25) is 0 Å². The molecule has 4 nitrogen and oxygen atoms in total. The van der Waals surface area contributed by atoms with Crippen LogP contribution in [0.3, 0.4) is 0 Å². The van der Waals surface area contributed by atoms with Crippen molar-refractivity contribution in [3.05, 3.63) is 5.82 Å². The van der Waals surface area contributed by atoms with Crippen molar-refractivity contribution in [2.24, 2.45) is 46.3 Å². The zero-order valence-electron chi connectivity index (χ0n) is 22.5. The number of fused-ring (bicyclic) bond motifs is 5. The van der Waals surface area contributed by atoms with E-state index in [-0.39, 0.29) is 0 Å². The number of alkyl halides is 1. The third-order valence-electron chi connectivity index (χ3n) is 12.0. The summed E-state index contributed by atoms with van der Waals surface area (Å²) in [4.78, 5) is 1.88. The van der Waals surface area contributed by atoms with E-state index in [0.717, 1.165) is 42.0 Å². The van der Waals surface area contributed by atoms with Crippen LogP contribution in [0, 0.1) is 53.3 Å². The molecule has 1 heterocycles. The molecule has 192 valence electrons. The molecule has 0 saturated heterocycles. The summed E-state index contributed by atoms with van der Waals surface area (Å²) in [6.07, 6.45) is 18.9. The number of halogens is 1. The fraction of sp³-hybridized carbons (Fsp3) is 0.966. The van der Waals surface area contributed by atoms with Gasteiger partial charge in [0, 0.05) is 3.42 Å². The maximum atomic E-state index is 4.57. The molecule has 0 aliphatic heterocycles. The number of aryl methyl sites for hydroxylation is 1. The number of hydrogen-bond donors (Lipinski definition) is 0. The number of aromatic nitrogens is 4. The van der Waals surface area contributed by atoms with Crippen LogP contribution in [0.1, 0.15) is 117 Å². The van der Waals surface area contributed by atoms with Gasteiger partial charge in [0.1, 0.15) is 0 Å². The molecule has 0 amide bonds. The van der Waals surface area contributed by atoms with Gasteiger partial charge < -0.3 is 0 Å². The summed E-state index contributed by atoms with van der Waals surface area (Å²) in [5.41, 5.74) is 0.815. The van der Waals surface area contributed by atoms with Crippen molar-refractivity contribution in [3.63, 3.8) is 0 Å². The van der Waals surface area contributed by atoms with E-state index < -0.39 is 0 Å². The van der Waals surface area contributed by atoms with Crippen LogP contribution in [-0.4, -0.2) is 23.6 Å². The fourth-order valence-corrected chi connectivity index (χ4v) is 12.6. The van der Waals surface area contributed by atoms with E-state index in [2.05, 4.69) is 65.7 Å². The molecule has 0 spiro atoms. The molecule has 1 aromatic rings. The summed E-state index contributed by atoms with van der Waals surface area (Å²) in [5.74, 6) is 6.28. The quantitative estimate of drug-likeness (QED) is 0.253. The van der Waals surface area contributed by atoms with Crippen molar-refractivity contribution in [3.8, 4) is 0 Å². The lowest BCUT2D eigenvalue weighted by atomic mass is 9.39. The highest BCUT2D eigenvalue weighted by molar-refractivity contribution is 14.1. The van der Waals surface area contributed by atoms with Crippen molar-refractivity contribution in [1.29, 1.82) is 0 Å². The van der Waals surface area contributed by atoms with Crippen LogP contribution >= 0.6 is 22.6 Å². The zero-order valence-corrected chi connectivity index (χ0v) is 24.7. The highest BCUT2D eigenvalue weighted by Gasteiger charge is 2.66. The highest BCUT2D eigenvalue weighted by atomic mass is 127. The van der Waals surface area contributed by atoms with Gasteiger partial charge in [-0.1, -0.05) is 76.0 Å². The van der Waals surface area contributed by atoms with E-state index in [4.69, 9.17) is 0 Å². The Hall–Kier alpha value is -0.200. The van der Waals surface area contributed by atoms with Gasteiger partial charge in [0.2, 0.25) is 0 Å². The predicted octanol–water partition coefficient (Wildman–Crippen LogP) is 8.03. The first-order valence-corrected chi connectivity index (χ1v) is 15.8. The Morgan fingerprint density at radius 3 is 2.62 bits per heavy atom. The van der Waals surface area contributed by atoms with Crippen LogP contribution in [-0.2, 0) is 6.54 Å². The second-order valence-electron chi connectivity index (χ2n) is 13.2. The van der Waals surface area contributed by atoms with Crippen LogP contribution in [0.5, 0.6) is 0 Å². The molecule has 0 radical (unpaired) electrons. The number of hydrogen-bond acceptors (Lipinski definition) is 3. The summed E-state index contributed by atoms with van der Waals surface area (Å²) >= 11 is 3.07. The molecule has 0 unspecified atom stereocenters. The predicted molar refractivity (Wildman–Crippen MR) is 148 cm³/mol. The van der Waals surface area contributed by atoms with Gasteiger partial charge in [-0.3, -0.25) is 0 Å². The summed E-state index contributed by atoms with van der Waals surface area (Å²) in [6.45, 7) is 13.0. The third-order valence-corrected chi connectivity index (χ3v) is 14.1. The molecule has 9 atom stereocenters. The molecule has 0 N–H and O–H groups in total. The first kappa shape index (κ1) is 25.4. The van der Waals surface area contributed by atoms with Crippen molar-refractivity contribution in [2.45, 2.75) is 128 Å². The Kier molecular flexibility index (Phi) is 7.18. The largest absolute Gasteiger partial charge is 0.171 e. The molecule has 1 aromatic heterocycles. The van der Waals surface area contributed by atoms with Gasteiger partial charge in [-0.2, -0.15) is 4.80 Å². The van der Waals surface area contributed by atoms with E-state index >= 15 is 0 Å². The lowest BCUT2D eigenvalue weighted by molar-refractivity contribution is -0.157. The average Bonchev–Trinajstić information content (AvgIpc) is 3.22. The molecule has 5 rings (SSSR count). The Balaban J connectivity index is 1.41. The van der Waals surface area contributed by atoms with E-state index in [1.165, 1.54) is 77.0 Å². The molecule has 4 aliphatic rings. The van der Waals surface area contributed by atoms with Gasteiger partial charge >= 0.3 is 0 Å². The molecule has 4 saturated carbocycles. The van der Waals surface area contributed by atoms with E-state index in [9.17, 15) is 0 Å². The molecule has 4 aliphatic carbocycles. The first-order valence-electron chi connectivity index (χ1n) is 14.7. The van der Waals surface area contributed by atoms with Crippen molar-refractivity contribution >= 4 is 22.6 Å². The summed E-state index contributed by atoms with van der Waals surface area (Å²) in [6, 6.07) is 0. The lowest BCUT2D eigenvalue weighted by Gasteiger charge is -2.69. The Bertz CT molecular complexity index is 855. The van der Waals surface area contributed by atoms with E-state index in [1.54, 1.807) is 6.42 Å². The minimum absolute atomic E-state index is 0.385. The van der Waals surface area contributed by atoms with E-state index in [1.807, 2.05) is 11.7 Å². The molecule has 0 bridgehead atoms. The Labute approximate surface area is 222 Å². The molecule has 34 heavy (non-hydrogen) atoms. The second-order valence-corrected chi connectivity index (χ2v) is 15.2. The monoisotopic (exact) mass is 580 g/mol. The number of nitrogens with zero attached hydrogens (tertiary/aromatic N) is 4. The van der Waals surface area contributed by atoms with Crippen molar-refractivity contribution in [1.82, 2.24) is 20.2 Å². The first-order chi connectivity index (χ1) is 16.3. The van der Waals surface area contributed by atoms with Crippen LogP contribution in [0.15, 0.2) is 0 Å². The van der Waals surface area contributed by atoms with Crippen molar-refractivity contribution < 1.29 is 0 Å². The average molecular weight is 581 g/mol. The Morgan fingerprint density at radius 1 is 1.09 bits per heavy atom. The Morgan fingerprint density at radius 2 is 1.91 bits per heavy atom. The van der Waals surface area contributed by atoms with Crippen LogP contribution < -0.4 is 0 Å². The summed E-state index contributed by atoms with van der Waals surface area (Å²) in [7, 11) is 0. The van der Waals surface area contributed by atoms with Gasteiger partial charge in [-0.05, 0) is 116 Å². The fourth-order valence-electron chi connectivity index (χ4n) is 10.5. The zero-order chi connectivity index (χ0) is 24.1. The summed E-state index contributed by atoms with van der Waals surface area (Å²) in [5, 5.41) is 13.1. The minimum atomic E-state index is 0.385. The van der Waals surface area contributed by atoms with Crippen molar-refractivity contribution in [2.75, 3.05) is 0 Å². The lowest BCUT2D eigenvalue weighted by Crippen LogP contribution is -2.64. The smallest absolute Gasteiger partial charge is 0.164 e. The minimum Gasteiger partial charge on any atom is -0.164 e. The molecule has 0 aromatic carbocycles. The second kappa shape index (κ2) is 9.59. The van der Waals surface area contributed by atoms with E-state index in [0.29, 0.717) is 20.2 Å². The molecular formula is C29H49IN4. The summed E-state index contributed by atoms with van der Waals surface area (Å²) < 4.78 is 0.520. The molecule has 4 fully saturated rings. The maximum absolute atomic E-state index is 4.57. The molecule has 5 heteroatoms. The number of rotatable bonds is 6.